The molecule has 6 N–H and O–H groups in total. The van der Waals surface area contributed by atoms with Gasteiger partial charge in [-0.1, -0.05) is 44.2 Å². The number of rotatable bonds is 12. The Morgan fingerprint density at radius 2 is 1.63 bits per heavy atom. The number of anilines is 1. The first-order chi connectivity index (χ1) is 22.9. The smallest absolute Gasteiger partial charge is 0.490 e. The number of carboxylic acids is 1. The van der Waals surface area contributed by atoms with Gasteiger partial charge in [0.25, 0.3) is 0 Å². The van der Waals surface area contributed by atoms with E-state index in [4.69, 9.17) is 25.1 Å². The van der Waals surface area contributed by atoms with Gasteiger partial charge in [-0.2, -0.15) is 13.2 Å². The van der Waals surface area contributed by atoms with E-state index in [9.17, 15) is 31.2 Å². The molecule has 0 aliphatic heterocycles. The largest absolute Gasteiger partial charge is 0.493 e. The van der Waals surface area contributed by atoms with Gasteiger partial charge in [-0.05, 0) is 68.5 Å². The normalized spacial score (nSPS) is 14.7. The van der Waals surface area contributed by atoms with Gasteiger partial charge in [-0.25, -0.2) is 22.9 Å². The molecular formula is C32H44F3N5O8S. The number of aliphatic imine (C=N–C) groups is 1. The molecule has 17 heteroatoms. The van der Waals surface area contributed by atoms with E-state index in [1.165, 1.54) is 26.4 Å². The number of carbonyl (C=O) groups excluding carboxylic acids is 2. The number of benzene rings is 2. The predicted molar refractivity (Wildman–Crippen MR) is 177 cm³/mol. The molecule has 0 unspecified atom stereocenters. The molecule has 49 heavy (non-hydrogen) atoms. The minimum Gasteiger partial charge on any atom is -0.493 e. The van der Waals surface area contributed by atoms with Crippen LogP contribution in [0.15, 0.2) is 46.3 Å². The number of amides is 2. The minimum absolute atomic E-state index is 0.0148. The maximum Gasteiger partial charge on any atom is 0.490 e. The second kappa shape index (κ2) is 18.4. The Kier molecular flexibility index (Phi) is 15.3. The molecule has 1 fully saturated rings. The van der Waals surface area contributed by atoms with E-state index < -0.39 is 40.0 Å². The third-order valence-electron chi connectivity index (χ3n) is 7.37. The number of hydrogen-bond donors (Lipinski definition) is 5. The van der Waals surface area contributed by atoms with Crippen LogP contribution in [0, 0.1) is 12.8 Å². The van der Waals surface area contributed by atoms with Gasteiger partial charge in [0.05, 0.1) is 25.5 Å². The van der Waals surface area contributed by atoms with Crippen LogP contribution in [0.1, 0.15) is 63.5 Å². The number of carbonyl (C=O) groups is 3. The van der Waals surface area contributed by atoms with Crippen molar-refractivity contribution in [1.29, 1.82) is 0 Å². The standard InChI is InChI=1S/C30H43N5O6S.C2HF3O2/c1-19(2)35-42(38,39)23-13-11-20(3)24(18-23)32-29(37)25(15-21-9-7-6-8-10-21)33-30(31)34-28(36)17-22-12-14-26(40-4)27(16-22)41-5;3-2(4,5)1(6)7/h11-14,16,18-19,21,25,35H,6-10,15,17H2,1-5H3,(H,32,37)(H3,31,33,34,36);(H,6,7)/t25-;/m1./s1. The number of methoxy groups -OCH3 is 2. The van der Waals surface area contributed by atoms with Crippen LogP contribution in [0.4, 0.5) is 18.9 Å². The summed E-state index contributed by atoms with van der Waals surface area (Å²) in [6, 6.07) is 8.60. The molecule has 1 saturated carbocycles. The van der Waals surface area contributed by atoms with E-state index in [1.54, 1.807) is 45.0 Å². The number of ether oxygens (including phenoxy) is 2. The maximum atomic E-state index is 13.5. The van der Waals surface area contributed by atoms with Crippen LogP contribution in [-0.2, 0) is 30.8 Å². The average Bonchev–Trinajstić information content (AvgIpc) is 3.01. The molecule has 272 valence electrons. The molecule has 0 spiro atoms. The first-order valence-electron chi connectivity index (χ1n) is 15.4. The molecule has 3 rings (SSSR count). The first kappa shape index (κ1) is 40.8. The Morgan fingerprint density at radius 1 is 1.02 bits per heavy atom. The number of sulfonamides is 1. The van der Waals surface area contributed by atoms with Gasteiger partial charge >= 0.3 is 12.1 Å². The summed E-state index contributed by atoms with van der Waals surface area (Å²) in [6.07, 6.45) is 0.696. The van der Waals surface area contributed by atoms with Gasteiger partial charge in [0.1, 0.15) is 6.04 Å². The summed E-state index contributed by atoms with van der Waals surface area (Å²) >= 11 is 0. The summed E-state index contributed by atoms with van der Waals surface area (Å²) in [6.45, 7) is 5.25. The second-order valence-electron chi connectivity index (χ2n) is 11.7. The van der Waals surface area contributed by atoms with E-state index in [2.05, 4.69) is 20.3 Å². The number of nitrogens with two attached hydrogens (primary N) is 1. The number of aliphatic carboxylic acids is 1. The Bertz CT molecular complexity index is 1590. The number of nitrogens with zero attached hydrogens (tertiary/aromatic N) is 1. The number of nitrogens with one attached hydrogen (secondary N) is 3. The van der Waals surface area contributed by atoms with E-state index >= 15 is 0 Å². The van der Waals surface area contributed by atoms with Gasteiger partial charge < -0.3 is 25.6 Å². The third-order valence-corrected chi connectivity index (χ3v) is 9.03. The van der Waals surface area contributed by atoms with Crippen molar-refractivity contribution < 1.29 is 50.6 Å². The number of alkyl halides is 3. The molecule has 0 bridgehead atoms. The minimum atomic E-state index is -5.08. The van der Waals surface area contributed by atoms with Crippen LogP contribution >= 0.6 is 0 Å². The fraction of sp³-hybridized carbons (Fsp3) is 0.500. The molecule has 1 aliphatic carbocycles. The van der Waals surface area contributed by atoms with Crippen LogP contribution in [-0.4, -0.2) is 69.7 Å². The van der Waals surface area contributed by atoms with Crippen molar-refractivity contribution in [2.45, 2.75) is 88.9 Å². The molecule has 1 atom stereocenters. The van der Waals surface area contributed by atoms with Crippen molar-refractivity contribution in [2.75, 3.05) is 19.5 Å². The highest BCUT2D eigenvalue weighted by Crippen LogP contribution is 2.30. The Balaban J connectivity index is 0.00000107. The van der Waals surface area contributed by atoms with E-state index in [0.29, 0.717) is 34.7 Å². The number of guanidine groups is 1. The average molecular weight is 716 g/mol. The van der Waals surface area contributed by atoms with E-state index in [-0.39, 0.29) is 29.2 Å². The molecule has 1 aliphatic rings. The summed E-state index contributed by atoms with van der Waals surface area (Å²) in [5, 5.41) is 12.6. The first-order valence-corrected chi connectivity index (χ1v) is 16.9. The topological polar surface area (TPSA) is 199 Å². The van der Waals surface area contributed by atoms with Crippen molar-refractivity contribution >= 4 is 39.5 Å². The van der Waals surface area contributed by atoms with Crippen LogP contribution in [0.5, 0.6) is 11.5 Å². The molecule has 0 radical (unpaired) electrons. The Labute approximate surface area is 283 Å². The van der Waals surface area contributed by atoms with Crippen LogP contribution < -0.4 is 30.6 Å². The zero-order valence-electron chi connectivity index (χ0n) is 28.0. The number of hydrogen-bond acceptors (Lipinski definition) is 8. The molecule has 0 heterocycles. The highest BCUT2D eigenvalue weighted by atomic mass is 32.2. The molecule has 13 nitrogen and oxygen atoms in total. The highest BCUT2D eigenvalue weighted by molar-refractivity contribution is 7.89. The summed E-state index contributed by atoms with van der Waals surface area (Å²) in [5.41, 5.74) is 7.88. The van der Waals surface area contributed by atoms with Gasteiger partial charge in [-0.15, -0.1) is 0 Å². The Morgan fingerprint density at radius 3 is 2.18 bits per heavy atom. The summed E-state index contributed by atoms with van der Waals surface area (Å²) in [5.74, 6) is -2.40. The van der Waals surface area contributed by atoms with E-state index in [0.717, 1.165) is 32.1 Å². The lowest BCUT2D eigenvalue weighted by molar-refractivity contribution is -0.192. The summed E-state index contributed by atoms with van der Waals surface area (Å²) in [7, 11) is -0.706. The van der Waals surface area contributed by atoms with Gasteiger partial charge in [-0.3, -0.25) is 14.9 Å². The van der Waals surface area contributed by atoms with Gasteiger partial charge in [0.15, 0.2) is 17.5 Å². The zero-order valence-corrected chi connectivity index (χ0v) is 28.8. The molecule has 2 amide bonds. The number of carboxylic acid groups (broad SMARTS) is 1. The van der Waals surface area contributed by atoms with E-state index in [1.807, 2.05) is 0 Å². The van der Waals surface area contributed by atoms with Crippen molar-refractivity contribution in [1.82, 2.24) is 10.0 Å². The Hall–Kier alpha value is -4.38. The van der Waals surface area contributed by atoms with Crippen LogP contribution in [0.3, 0.4) is 0 Å². The van der Waals surface area contributed by atoms with Gasteiger partial charge in [0.2, 0.25) is 21.8 Å². The third kappa shape index (κ3) is 13.6. The van der Waals surface area contributed by atoms with Crippen molar-refractivity contribution in [3.05, 3.63) is 47.5 Å². The second-order valence-corrected chi connectivity index (χ2v) is 13.4. The van der Waals surface area contributed by atoms with Crippen molar-refractivity contribution in [2.24, 2.45) is 16.6 Å². The van der Waals surface area contributed by atoms with Crippen LogP contribution in [0.2, 0.25) is 0 Å². The summed E-state index contributed by atoms with van der Waals surface area (Å²) in [4.78, 5) is 39.7. The van der Waals surface area contributed by atoms with Crippen LogP contribution in [0.25, 0.3) is 0 Å². The summed E-state index contributed by atoms with van der Waals surface area (Å²) < 4.78 is 70.3. The molecule has 2 aromatic rings. The maximum absolute atomic E-state index is 13.5. The van der Waals surface area contributed by atoms with Crippen molar-refractivity contribution in [3.8, 4) is 11.5 Å². The molecule has 0 aromatic heterocycles. The highest BCUT2D eigenvalue weighted by Gasteiger charge is 2.38. The lowest BCUT2D eigenvalue weighted by Gasteiger charge is -2.25. The number of aryl methyl sites for hydroxylation is 1. The molecular weight excluding hydrogens is 671 g/mol. The predicted octanol–water partition coefficient (Wildman–Crippen LogP) is 4.28. The fourth-order valence-electron chi connectivity index (χ4n) is 5.02. The fourth-order valence-corrected chi connectivity index (χ4v) is 6.29. The molecule has 2 aromatic carbocycles. The lowest BCUT2D eigenvalue weighted by atomic mass is 9.84. The molecule has 0 saturated heterocycles. The van der Waals surface area contributed by atoms with Gasteiger partial charge in [0, 0.05) is 11.7 Å². The van der Waals surface area contributed by atoms with Crippen molar-refractivity contribution in [3.63, 3.8) is 0 Å². The lowest BCUT2D eigenvalue weighted by Crippen LogP contribution is -2.40. The monoisotopic (exact) mass is 715 g/mol. The SMILES string of the molecule is COc1ccc(CC(=O)NC(N)=N[C@H](CC2CCCCC2)C(=O)Nc2cc(S(=O)(=O)NC(C)C)ccc2C)cc1OC.O=C(O)C(F)(F)F. The number of halogens is 3. The zero-order chi connectivity index (χ0) is 36.9. The quantitative estimate of drug-likeness (QED) is 0.157.